The molecule has 1 saturated heterocycles. The van der Waals surface area contributed by atoms with Crippen LogP contribution in [0.3, 0.4) is 0 Å². The van der Waals surface area contributed by atoms with E-state index < -0.39 is 0 Å². The number of aliphatic hydroxyl groups is 1. The average Bonchev–Trinajstić information content (AvgIpc) is 2.53. The summed E-state index contributed by atoms with van der Waals surface area (Å²) in [5, 5.41) is 9.14. The second-order valence-electron chi connectivity index (χ2n) is 4.83. The van der Waals surface area contributed by atoms with E-state index in [1.807, 2.05) is 41.1 Å². The SMILES string of the molecule is CN1CCCN(c2ccc(Br)cc2)C(=O)C1CCO. The first-order valence-electron chi connectivity index (χ1n) is 6.51. The summed E-state index contributed by atoms with van der Waals surface area (Å²) in [5.41, 5.74) is 0.923. The van der Waals surface area contributed by atoms with Gasteiger partial charge in [0.2, 0.25) is 5.91 Å². The van der Waals surface area contributed by atoms with Crippen molar-refractivity contribution in [3.63, 3.8) is 0 Å². The van der Waals surface area contributed by atoms with Crippen molar-refractivity contribution in [2.24, 2.45) is 0 Å². The monoisotopic (exact) mass is 326 g/mol. The summed E-state index contributed by atoms with van der Waals surface area (Å²) in [5.74, 6) is 0.0800. The third kappa shape index (κ3) is 3.35. The fraction of sp³-hybridized carbons (Fsp3) is 0.500. The summed E-state index contributed by atoms with van der Waals surface area (Å²) >= 11 is 3.40. The van der Waals surface area contributed by atoms with Crippen LogP contribution in [0.25, 0.3) is 0 Å². The highest BCUT2D eigenvalue weighted by Gasteiger charge is 2.30. The van der Waals surface area contributed by atoms with Crippen molar-refractivity contribution in [3.8, 4) is 0 Å². The maximum absolute atomic E-state index is 12.6. The lowest BCUT2D eigenvalue weighted by Gasteiger charge is -2.27. The van der Waals surface area contributed by atoms with Gasteiger partial charge in [-0.1, -0.05) is 15.9 Å². The summed E-state index contributed by atoms with van der Waals surface area (Å²) in [7, 11) is 1.95. The molecule has 19 heavy (non-hydrogen) atoms. The van der Waals surface area contributed by atoms with Crippen molar-refractivity contribution in [1.82, 2.24) is 4.90 Å². The molecule has 1 heterocycles. The minimum atomic E-state index is -0.226. The summed E-state index contributed by atoms with van der Waals surface area (Å²) in [6, 6.07) is 7.56. The minimum Gasteiger partial charge on any atom is -0.396 e. The van der Waals surface area contributed by atoms with E-state index in [1.54, 1.807) is 0 Å². The number of hydrogen-bond acceptors (Lipinski definition) is 3. The summed E-state index contributed by atoms with van der Waals surface area (Å²) in [4.78, 5) is 16.5. The van der Waals surface area contributed by atoms with Gasteiger partial charge in [0.15, 0.2) is 0 Å². The number of aliphatic hydroxyl groups excluding tert-OH is 1. The van der Waals surface area contributed by atoms with Crippen molar-refractivity contribution < 1.29 is 9.90 Å². The van der Waals surface area contributed by atoms with Crippen LogP contribution in [0.15, 0.2) is 28.7 Å². The number of benzene rings is 1. The quantitative estimate of drug-likeness (QED) is 0.922. The molecule has 2 rings (SSSR count). The van der Waals surface area contributed by atoms with E-state index in [4.69, 9.17) is 5.11 Å². The highest BCUT2D eigenvalue weighted by atomic mass is 79.9. The molecular weight excluding hydrogens is 308 g/mol. The minimum absolute atomic E-state index is 0.0366. The number of halogens is 1. The lowest BCUT2D eigenvalue weighted by Crippen LogP contribution is -2.45. The van der Waals surface area contributed by atoms with Crippen LogP contribution in [-0.2, 0) is 4.79 Å². The number of rotatable bonds is 3. The topological polar surface area (TPSA) is 43.8 Å². The molecule has 0 aromatic heterocycles. The van der Waals surface area contributed by atoms with Crippen LogP contribution >= 0.6 is 15.9 Å². The normalized spacial score (nSPS) is 21.5. The van der Waals surface area contributed by atoms with Crippen molar-refractivity contribution >= 4 is 27.5 Å². The zero-order valence-corrected chi connectivity index (χ0v) is 12.6. The fourth-order valence-corrected chi connectivity index (χ4v) is 2.72. The Labute approximate surface area is 122 Å². The molecule has 0 spiro atoms. The van der Waals surface area contributed by atoms with Crippen LogP contribution in [-0.4, -0.2) is 48.7 Å². The van der Waals surface area contributed by atoms with Crippen LogP contribution in [0.5, 0.6) is 0 Å². The van der Waals surface area contributed by atoms with Gasteiger partial charge in [-0.3, -0.25) is 9.69 Å². The molecule has 0 saturated carbocycles. The molecule has 104 valence electrons. The Kier molecular flexibility index (Phi) is 4.96. The van der Waals surface area contributed by atoms with Gasteiger partial charge in [-0.2, -0.15) is 0 Å². The number of nitrogens with zero attached hydrogens (tertiary/aromatic N) is 2. The smallest absolute Gasteiger partial charge is 0.244 e. The summed E-state index contributed by atoms with van der Waals surface area (Å²) < 4.78 is 1.00. The predicted molar refractivity (Wildman–Crippen MR) is 79.2 cm³/mol. The first-order chi connectivity index (χ1) is 9.13. The number of amides is 1. The van der Waals surface area contributed by atoms with Crippen molar-refractivity contribution in [3.05, 3.63) is 28.7 Å². The number of likely N-dealkylation sites (N-methyl/N-ethyl adjacent to an activating group) is 1. The molecule has 1 aromatic carbocycles. The van der Waals surface area contributed by atoms with Gasteiger partial charge >= 0.3 is 0 Å². The van der Waals surface area contributed by atoms with E-state index in [9.17, 15) is 4.79 Å². The highest BCUT2D eigenvalue weighted by Crippen LogP contribution is 2.22. The van der Waals surface area contributed by atoms with E-state index in [-0.39, 0.29) is 18.6 Å². The number of anilines is 1. The Hall–Kier alpha value is -0.910. The molecule has 1 fully saturated rings. The molecule has 1 aromatic rings. The van der Waals surface area contributed by atoms with E-state index in [2.05, 4.69) is 15.9 Å². The van der Waals surface area contributed by atoms with Crippen molar-refractivity contribution in [2.75, 3.05) is 31.6 Å². The molecule has 1 N–H and O–H groups in total. The number of hydrogen-bond donors (Lipinski definition) is 1. The molecule has 1 aliphatic heterocycles. The second-order valence-corrected chi connectivity index (χ2v) is 5.74. The maximum Gasteiger partial charge on any atom is 0.244 e. The Morgan fingerprint density at radius 2 is 2.00 bits per heavy atom. The van der Waals surface area contributed by atoms with Crippen molar-refractivity contribution in [2.45, 2.75) is 18.9 Å². The van der Waals surface area contributed by atoms with Crippen LogP contribution in [0.2, 0.25) is 0 Å². The van der Waals surface area contributed by atoms with E-state index in [1.165, 1.54) is 0 Å². The van der Waals surface area contributed by atoms with Crippen LogP contribution < -0.4 is 4.90 Å². The molecular formula is C14H19BrN2O2. The van der Waals surface area contributed by atoms with E-state index in [0.29, 0.717) is 6.42 Å². The lowest BCUT2D eigenvalue weighted by atomic mass is 10.1. The predicted octanol–water partition coefficient (Wildman–Crippen LogP) is 1.87. The largest absolute Gasteiger partial charge is 0.396 e. The molecule has 5 heteroatoms. The molecule has 0 bridgehead atoms. The van der Waals surface area contributed by atoms with Crippen LogP contribution in [0.1, 0.15) is 12.8 Å². The van der Waals surface area contributed by atoms with Gasteiger partial charge in [0.1, 0.15) is 0 Å². The Bertz CT molecular complexity index is 436. The number of carbonyl (C=O) groups is 1. The molecule has 0 radical (unpaired) electrons. The van der Waals surface area contributed by atoms with Gasteiger partial charge in [0.05, 0.1) is 6.04 Å². The zero-order chi connectivity index (χ0) is 13.8. The van der Waals surface area contributed by atoms with Crippen molar-refractivity contribution in [1.29, 1.82) is 0 Å². The van der Waals surface area contributed by atoms with Gasteiger partial charge in [0, 0.05) is 29.9 Å². The highest BCUT2D eigenvalue weighted by molar-refractivity contribution is 9.10. The number of carbonyl (C=O) groups excluding carboxylic acids is 1. The molecule has 1 aliphatic rings. The van der Waals surface area contributed by atoms with E-state index in [0.717, 1.165) is 29.7 Å². The molecule has 0 aliphatic carbocycles. The first-order valence-corrected chi connectivity index (χ1v) is 7.31. The third-order valence-corrected chi connectivity index (χ3v) is 4.05. The Morgan fingerprint density at radius 3 is 2.63 bits per heavy atom. The van der Waals surface area contributed by atoms with Gasteiger partial charge in [-0.25, -0.2) is 0 Å². The third-order valence-electron chi connectivity index (χ3n) is 3.52. The lowest BCUT2D eigenvalue weighted by molar-refractivity contribution is -0.123. The van der Waals surface area contributed by atoms with Gasteiger partial charge in [-0.05, 0) is 44.2 Å². The van der Waals surface area contributed by atoms with Crippen LogP contribution in [0.4, 0.5) is 5.69 Å². The summed E-state index contributed by atoms with van der Waals surface area (Å²) in [6.45, 7) is 1.64. The molecule has 1 atom stereocenters. The average molecular weight is 327 g/mol. The molecule has 4 nitrogen and oxygen atoms in total. The maximum atomic E-state index is 12.6. The van der Waals surface area contributed by atoms with Gasteiger partial charge in [0.25, 0.3) is 0 Å². The Balaban J connectivity index is 2.24. The second kappa shape index (κ2) is 6.50. The van der Waals surface area contributed by atoms with E-state index >= 15 is 0 Å². The summed E-state index contributed by atoms with van der Waals surface area (Å²) in [6.07, 6.45) is 1.43. The zero-order valence-electron chi connectivity index (χ0n) is 11.1. The fourth-order valence-electron chi connectivity index (χ4n) is 2.46. The molecule has 1 amide bonds. The first kappa shape index (κ1) is 14.5. The standard InChI is InChI=1S/C14H19BrN2O2/c1-16-8-2-9-17(14(19)13(16)7-10-18)12-5-3-11(15)4-6-12/h3-6,13,18H,2,7-10H2,1H3. The Morgan fingerprint density at radius 1 is 1.32 bits per heavy atom. The molecule has 1 unspecified atom stereocenters. The van der Waals surface area contributed by atoms with Crippen LogP contribution in [0, 0.1) is 0 Å². The van der Waals surface area contributed by atoms with Gasteiger partial charge in [-0.15, -0.1) is 0 Å². The van der Waals surface area contributed by atoms with Gasteiger partial charge < -0.3 is 10.0 Å².